The molecule has 1 N–H and O–H groups in total. The van der Waals surface area contributed by atoms with Gasteiger partial charge in [-0.3, -0.25) is 4.79 Å². The van der Waals surface area contributed by atoms with Crippen molar-refractivity contribution in [3.05, 3.63) is 46.2 Å². The van der Waals surface area contributed by atoms with Crippen LogP contribution in [-0.4, -0.2) is 32.3 Å². The topological polar surface area (TPSA) is 76.7 Å². The van der Waals surface area contributed by atoms with Crippen LogP contribution in [-0.2, 0) is 17.6 Å². The Kier molecular flexibility index (Phi) is 4.80. The summed E-state index contributed by atoms with van der Waals surface area (Å²) in [6.45, 7) is 4.73. The van der Waals surface area contributed by atoms with E-state index in [1.807, 2.05) is 6.92 Å². The van der Waals surface area contributed by atoms with E-state index in [4.69, 9.17) is 9.84 Å². The molecule has 0 saturated heterocycles. The van der Waals surface area contributed by atoms with Gasteiger partial charge in [0, 0.05) is 6.42 Å². The summed E-state index contributed by atoms with van der Waals surface area (Å²) in [5.74, 6) is 0.0480. The van der Waals surface area contributed by atoms with Crippen molar-refractivity contribution in [3.63, 3.8) is 0 Å². The van der Waals surface area contributed by atoms with Gasteiger partial charge in [0.05, 0.1) is 24.9 Å². The highest BCUT2D eigenvalue weighted by Gasteiger charge is 2.10. The molecule has 0 aliphatic heterocycles. The smallest absolute Gasteiger partial charge is 0.309 e. The van der Waals surface area contributed by atoms with Gasteiger partial charge < -0.3 is 9.84 Å². The molecule has 6 nitrogen and oxygen atoms in total. The summed E-state index contributed by atoms with van der Waals surface area (Å²) >= 11 is 1.49. The van der Waals surface area contributed by atoms with Gasteiger partial charge in [-0.05, 0) is 37.5 Å². The zero-order valence-corrected chi connectivity index (χ0v) is 14.5. The van der Waals surface area contributed by atoms with Crippen LogP contribution in [0.25, 0.3) is 4.96 Å². The molecule has 24 heavy (non-hydrogen) atoms. The number of carboxylic acids is 1. The molecule has 0 radical (unpaired) electrons. The van der Waals surface area contributed by atoms with Crippen LogP contribution in [0.2, 0.25) is 0 Å². The highest BCUT2D eigenvalue weighted by Crippen LogP contribution is 2.20. The molecular formula is C17H19N3O3S. The second-order valence-corrected chi connectivity index (χ2v) is 6.79. The number of benzene rings is 1. The highest BCUT2D eigenvalue weighted by atomic mass is 32.1. The van der Waals surface area contributed by atoms with Crippen molar-refractivity contribution in [3.8, 4) is 5.75 Å². The van der Waals surface area contributed by atoms with E-state index in [0.29, 0.717) is 12.3 Å². The lowest BCUT2D eigenvalue weighted by molar-refractivity contribution is -0.136. The predicted molar refractivity (Wildman–Crippen MR) is 91.9 cm³/mol. The lowest BCUT2D eigenvalue weighted by atomic mass is 10.1. The van der Waals surface area contributed by atoms with Crippen molar-refractivity contribution >= 4 is 22.3 Å². The standard InChI is InChI=1S/C17H19N3O3S/c1-11-5-6-12(2)14(8-11)23-7-3-4-15-19-20-10-13(9-16(21)22)18-17(20)24-15/h5-6,8,10H,3-4,7,9H2,1-2H3,(H,21,22). The summed E-state index contributed by atoms with van der Waals surface area (Å²) in [5.41, 5.74) is 2.86. The second kappa shape index (κ2) is 7.00. The van der Waals surface area contributed by atoms with Gasteiger partial charge in [0.15, 0.2) is 0 Å². The van der Waals surface area contributed by atoms with Crippen LogP contribution in [0.5, 0.6) is 5.75 Å². The third kappa shape index (κ3) is 3.91. The molecule has 126 valence electrons. The Morgan fingerprint density at radius 2 is 2.21 bits per heavy atom. The quantitative estimate of drug-likeness (QED) is 0.666. The number of hydrogen-bond donors (Lipinski definition) is 1. The van der Waals surface area contributed by atoms with E-state index in [9.17, 15) is 4.79 Å². The Morgan fingerprint density at radius 1 is 1.38 bits per heavy atom. The summed E-state index contributed by atoms with van der Waals surface area (Å²) in [6, 6.07) is 6.19. The van der Waals surface area contributed by atoms with Gasteiger partial charge in [-0.25, -0.2) is 9.50 Å². The van der Waals surface area contributed by atoms with Crippen molar-refractivity contribution < 1.29 is 14.6 Å². The Balaban J connectivity index is 1.53. The minimum atomic E-state index is -0.885. The second-order valence-electron chi connectivity index (χ2n) is 5.75. The molecule has 0 aliphatic rings. The van der Waals surface area contributed by atoms with Crippen molar-refractivity contribution in [2.45, 2.75) is 33.1 Å². The van der Waals surface area contributed by atoms with E-state index in [-0.39, 0.29) is 6.42 Å². The molecule has 3 aromatic rings. The van der Waals surface area contributed by atoms with E-state index in [0.717, 1.165) is 34.1 Å². The SMILES string of the molecule is Cc1ccc(C)c(OCCCc2nn3cc(CC(=O)O)nc3s2)c1. The summed E-state index contributed by atoms with van der Waals surface area (Å²) in [5, 5.41) is 14.2. The van der Waals surface area contributed by atoms with Gasteiger partial charge in [0.1, 0.15) is 10.8 Å². The number of carbonyl (C=O) groups is 1. The van der Waals surface area contributed by atoms with Gasteiger partial charge in [-0.2, -0.15) is 5.10 Å². The lowest BCUT2D eigenvalue weighted by Crippen LogP contribution is -2.01. The van der Waals surface area contributed by atoms with Crippen molar-refractivity contribution in [1.29, 1.82) is 0 Å². The van der Waals surface area contributed by atoms with E-state index >= 15 is 0 Å². The molecule has 7 heteroatoms. The third-order valence-electron chi connectivity index (χ3n) is 3.60. The summed E-state index contributed by atoms with van der Waals surface area (Å²) in [7, 11) is 0. The van der Waals surface area contributed by atoms with Crippen molar-refractivity contribution in [1.82, 2.24) is 14.6 Å². The average molecular weight is 345 g/mol. The van der Waals surface area contributed by atoms with Gasteiger partial charge in [-0.1, -0.05) is 23.5 Å². The van der Waals surface area contributed by atoms with Crippen LogP contribution in [0.15, 0.2) is 24.4 Å². The third-order valence-corrected chi connectivity index (χ3v) is 4.59. The molecule has 2 heterocycles. The zero-order valence-electron chi connectivity index (χ0n) is 13.7. The molecule has 0 spiro atoms. The average Bonchev–Trinajstić information content (AvgIpc) is 3.04. The number of nitrogens with zero attached hydrogens (tertiary/aromatic N) is 3. The Hall–Kier alpha value is -2.41. The molecule has 1 aromatic carbocycles. The molecule has 0 fully saturated rings. The van der Waals surface area contributed by atoms with Crippen LogP contribution >= 0.6 is 11.3 Å². The van der Waals surface area contributed by atoms with Crippen LogP contribution in [0.1, 0.15) is 28.2 Å². The number of aromatic nitrogens is 3. The molecule has 0 bridgehead atoms. The monoisotopic (exact) mass is 345 g/mol. The fourth-order valence-corrected chi connectivity index (χ4v) is 3.33. The number of fused-ring (bicyclic) bond motifs is 1. The highest BCUT2D eigenvalue weighted by molar-refractivity contribution is 7.16. The van der Waals surface area contributed by atoms with E-state index in [2.05, 4.69) is 35.2 Å². The normalized spacial score (nSPS) is 11.1. The summed E-state index contributed by atoms with van der Waals surface area (Å²) < 4.78 is 7.50. The molecule has 0 amide bonds. The molecule has 3 rings (SSSR count). The summed E-state index contributed by atoms with van der Waals surface area (Å²) in [6.07, 6.45) is 3.28. The fraction of sp³-hybridized carbons (Fsp3) is 0.353. The Bertz CT molecular complexity index is 838. The van der Waals surface area contributed by atoms with Crippen LogP contribution in [0, 0.1) is 13.8 Å². The zero-order chi connectivity index (χ0) is 17.1. The maximum atomic E-state index is 10.7. The number of rotatable bonds is 7. The molecule has 0 saturated carbocycles. The Labute approximate surface area is 143 Å². The van der Waals surface area contributed by atoms with Gasteiger partial charge in [-0.15, -0.1) is 0 Å². The minimum Gasteiger partial charge on any atom is -0.493 e. The van der Waals surface area contributed by atoms with Crippen molar-refractivity contribution in [2.75, 3.05) is 6.61 Å². The number of carboxylic acid groups (broad SMARTS) is 1. The lowest BCUT2D eigenvalue weighted by Gasteiger charge is -2.09. The number of imidazole rings is 1. The number of ether oxygens (including phenoxy) is 1. The predicted octanol–water partition coefficient (Wildman–Crippen LogP) is 3.05. The number of hydrogen-bond acceptors (Lipinski definition) is 5. The molecular weight excluding hydrogens is 326 g/mol. The molecule has 0 aliphatic carbocycles. The first-order valence-corrected chi connectivity index (χ1v) is 8.59. The largest absolute Gasteiger partial charge is 0.493 e. The van der Waals surface area contributed by atoms with Crippen LogP contribution in [0.4, 0.5) is 0 Å². The summed E-state index contributed by atoms with van der Waals surface area (Å²) in [4.78, 5) is 15.7. The Morgan fingerprint density at radius 3 is 2.96 bits per heavy atom. The minimum absolute atomic E-state index is 0.0743. The van der Waals surface area contributed by atoms with E-state index in [1.54, 1.807) is 10.7 Å². The molecule has 0 atom stereocenters. The van der Waals surface area contributed by atoms with Crippen LogP contribution in [0.3, 0.4) is 0 Å². The molecule has 0 unspecified atom stereocenters. The number of aryl methyl sites for hydroxylation is 3. The van der Waals surface area contributed by atoms with Gasteiger partial charge in [0.2, 0.25) is 4.96 Å². The maximum Gasteiger partial charge on any atom is 0.309 e. The van der Waals surface area contributed by atoms with Gasteiger partial charge >= 0.3 is 5.97 Å². The van der Waals surface area contributed by atoms with Gasteiger partial charge in [0.25, 0.3) is 0 Å². The first-order chi connectivity index (χ1) is 11.5. The van der Waals surface area contributed by atoms with Crippen LogP contribution < -0.4 is 4.74 Å². The maximum absolute atomic E-state index is 10.7. The van der Waals surface area contributed by atoms with E-state index < -0.39 is 5.97 Å². The van der Waals surface area contributed by atoms with Crippen molar-refractivity contribution in [2.24, 2.45) is 0 Å². The first kappa shape index (κ1) is 16.4. The number of aliphatic carboxylic acids is 1. The molecule has 2 aromatic heterocycles. The fourth-order valence-electron chi connectivity index (χ4n) is 2.40. The van der Waals surface area contributed by atoms with E-state index in [1.165, 1.54) is 16.9 Å². The first-order valence-electron chi connectivity index (χ1n) is 7.77.